The summed E-state index contributed by atoms with van der Waals surface area (Å²) in [6.07, 6.45) is 2.51. The average Bonchev–Trinajstić information content (AvgIpc) is 3.05. The number of aryl methyl sites for hydroxylation is 2. The van der Waals surface area contributed by atoms with Crippen LogP contribution in [0.4, 0.5) is 0 Å². The predicted molar refractivity (Wildman–Crippen MR) is 89.1 cm³/mol. The van der Waals surface area contributed by atoms with Crippen molar-refractivity contribution in [3.05, 3.63) is 50.4 Å². The smallest absolute Gasteiger partial charge is 0.277 e. The second-order valence-corrected chi connectivity index (χ2v) is 7.32. The van der Waals surface area contributed by atoms with Crippen LogP contribution >= 0.6 is 11.8 Å². The summed E-state index contributed by atoms with van der Waals surface area (Å²) in [6, 6.07) is 1.93. The Morgan fingerprint density at radius 2 is 2.14 bits per heavy atom. The highest BCUT2D eigenvalue weighted by Crippen LogP contribution is 2.42. The van der Waals surface area contributed by atoms with Gasteiger partial charge in [-0.2, -0.15) is 0 Å². The maximum Gasteiger partial charge on any atom is 0.277 e. The summed E-state index contributed by atoms with van der Waals surface area (Å²) in [4.78, 5) is 26.3. The van der Waals surface area contributed by atoms with Gasteiger partial charge < -0.3 is 5.10 Å². The number of fused-ring (bicyclic) bond motifs is 1. The van der Waals surface area contributed by atoms with Crippen molar-refractivity contribution in [2.45, 2.75) is 50.8 Å². The van der Waals surface area contributed by atoms with Crippen LogP contribution in [-0.2, 0) is 13.0 Å². The highest BCUT2D eigenvalue weighted by Gasteiger charge is 2.27. The molecule has 1 aromatic heterocycles. The minimum atomic E-state index is -0.243. The molecule has 3 rings (SSSR count). The van der Waals surface area contributed by atoms with Crippen LogP contribution in [0.3, 0.4) is 0 Å². The van der Waals surface area contributed by atoms with Gasteiger partial charge in [0.05, 0.1) is 0 Å². The molecule has 2 aromatic rings. The van der Waals surface area contributed by atoms with E-state index in [1.54, 1.807) is 0 Å². The first kappa shape index (κ1) is 15.2. The summed E-state index contributed by atoms with van der Waals surface area (Å²) in [6.45, 7) is 8.64. The number of nitrogens with one attached hydrogen (secondary N) is 1. The molecule has 0 radical (unpaired) electrons. The number of hydrogen-bond acceptors (Lipinski definition) is 3. The third kappa shape index (κ3) is 2.24. The lowest BCUT2D eigenvalue weighted by Crippen LogP contribution is -2.21. The monoisotopic (exact) mass is 316 g/mol. The largest absolute Gasteiger partial charge is 0.302 e. The van der Waals surface area contributed by atoms with Crippen LogP contribution in [0.25, 0.3) is 0 Å². The standard InChI is InChI=1S/C17H20N2O2S/c1-5-19-17(21)14(8-18-19)15(20)12-6-9(2)16-13(11(12)4)7-10(3)22-16/h6,8,10,18H,5,7H2,1-4H3. The Kier molecular flexibility index (Phi) is 3.77. The Morgan fingerprint density at radius 1 is 1.41 bits per heavy atom. The molecule has 4 nitrogen and oxygen atoms in total. The Hall–Kier alpha value is -1.75. The van der Waals surface area contributed by atoms with Gasteiger partial charge in [0, 0.05) is 28.5 Å². The molecule has 1 aromatic carbocycles. The number of carbonyl (C=O) groups excluding carboxylic acids is 1. The van der Waals surface area contributed by atoms with E-state index in [0.717, 1.165) is 17.5 Å². The van der Waals surface area contributed by atoms with E-state index in [4.69, 9.17) is 0 Å². The Balaban J connectivity index is 2.11. The number of rotatable bonds is 3. The van der Waals surface area contributed by atoms with E-state index in [-0.39, 0.29) is 16.9 Å². The minimum absolute atomic E-state index is 0.179. The van der Waals surface area contributed by atoms with E-state index < -0.39 is 0 Å². The maximum absolute atomic E-state index is 12.8. The molecule has 0 saturated carbocycles. The molecule has 0 aliphatic carbocycles. The normalized spacial score (nSPS) is 16.8. The first-order chi connectivity index (χ1) is 10.4. The van der Waals surface area contributed by atoms with Crippen LogP contribution in [0.1, 0.15) is 46.5 Å². The molecule has 1 N–H and O–H groups in total. The zero-order valence-corrected chi connectivity index (χ0v) is 14.1. The lowest BCUT2D eigenvalue weighted by Gasteiger charge is -2.11. The lowest BCUT2D eigenvalue weighted by molar-refractivity contribution is 0.103. The van der Waals surface area contributed by atoms with Gasteiger partial charge in [-0.3, -0.25) is 14.3 Å². The van der Waals surface area contributed by atoms with Gasteiger partial charge in [-0.05, 0) is 49.9 Å². The molecule has 1 atom stereocenters. The fourth-order valence-electron chi connectivity index (χ4n) is 3.09. The second kappa shape index (κ2) is 5.47. The van der Waals surface area contributed by atoms with Crippen LogP contribution in [-0.4, -0.2) is 20.8 Å². The number of carbonyl (C=O) groups is 1. The minimum Gasteiger partial charge on any atom is -0.302 e. The Bertz CT molecular complexity index is 817. The summed E-state index contributed by atoms with van der Waals surface area (Å²) in [7, 11) is 0. The zero-order valence-electron chi connectivity index (χ0n) is 13.3. The van der Waals surface area contributed by atoms with Crippen LogP contribution in [0.2, 0.25) is 0 Å². The van der Waals surface area contributed by atoms with Crippen molar-refractivity contribution in [2.75, 3.05) is 0 Å². The highest BCUT2D eigenvalue weighted by molar-refractivity contribution is 8.00. The van der Waals surface area contributed by atoms with Crippen LogP contribution in [0.15, 0.2) is 22.0 Å². The number of nitrogens with zero attached hydrogens (tertiary/aromatic N) is 1. The number of aromatic amines is 1. The SMILES string of the molecule is CCn1[nH]cc(C(=O)c2cc(C)c3c(c2C)CC(C)S3)c1=O. The van der Waals surface area contributed by atoms with E-state index in [2.05, 4.69) is 12.0 Å². The molecular weight excluding hydrogens is 296 g/mol. The van der Waals surface area contributed by atoms with Crippen LogP contribution < -0.4 is 5.56 Å². The third-order valence-electron chi connectivity index (χ3n) is 4.31. The van der Waals surface area contributed by atoms with Crippen molar-refractivity contribution in [3.63, 3.8) is 0 Å². The van der Waals surface area contributed by atoms with Gasteiger partial charge in [-0.1, -0.05) is 6.92 Å². The van der Waals surface area contributed by atoms with E-state index >= 15 is 0 Å². The predicted octanol–water partition coefficient (Wildman–Crippen LogP) is 3.08. The van der Waals surface area contributed by atoms with E-state index in [1.165, 1.54) is 21.3 Å². The summed E-state index contributed by atoms with van der Waals surface area (Å²) < 4.78 is 1.45. The first-order valence-corrected chi connectivity index (χ1v) is 8.44. The molecule has 1 unspecified atom stereocenters. The summed E-state index contributed by atoms with van der Waals surface area (Å²) in [5, 5.41) is 3.39. The van der Waals surface area contributed by atoms with Crippen LogP contribution in [0.5, 0.6) is 0 Å². The van der Waals surface area contributed by atoms with E-state index in [9.17, 15) is 9.59 Å². The number of thioether (sulfide) groups is 1. The lowest BCUT2D eigenvalue weighted by atomic mass is 9.92. The Labute approximate surface area is 133 Å². The molecule has 0 saturated heterocycles. The number of aromatic nitrogens is 2. The molecule has 0 bridgehead atoms. The average molecular weight is 316 g/mol. The number of hydrogen-bond donors (Lipinski definition) is 1. The van der Waals surface area contributed by atoms with Crippen molar-refractivity contribution in [3.8, 4) is 0 Å². The van der Waals surface area contributed by atoms with Gasteiger partial charge in [0.1, 0.15) is 5.56 Å². The molecule has 116 valence electrons. The molecule has 0 spiro atoms. The molecule has 0 fully saturated rings. The Morgan fingerprint density at radius 3 is 2.77 bits per heavy atom. The van der Waals surface area contributed by atoms with Crippen LogP contribution in [0, 0.1) is 13.8 Å². The molecule has 1 aliphatic rings. The fraction of sp³-hybridized carbons (Fsp3) is 0.412. The van der Waals surface area contributed by atoms with Gasteiger partial charge in [-0.25, -0.2) is 0 Å². The maximum atomic E-state index is 12.8. The van der Waals surface area contributed by atoms with Gasteiger partial charge in [0.2, 0.25) is 0 Å². The number of H-pyrrole nitrogens is 1. The molecule has 22 heavy (non-hydrogen) atoms. The summed E-state index contributed by atoms with van der Waals surface area (Å²) in [5.74, 6) is -0.179. The van der Waals surface area contributed by atoms with Gasteiger partial charge in [0.25, 0.3) is 5.56 Å². The van der Waals surface area contributed by atoms with Gasteiger partial charge in [-0.15, -0.1) is 11.8 Å². The summed E-state index contributed by atoms with van der Waals surface area (Å²) in [5.41, 5.74) is 4.06. The number of benzene rings is 1. The molecule has 2 heterocycles. The van der Waals surface area contributed by atoms with Gasteiger partial charge in [0.15, 0.2) is 5.78 Å². The topological polar surface area (TPSA) is 54.9 Å². The van der Waals surface area contributed by atoms with E-state index in [0.29, 0.717) is 17.4 Å². The molecule has 5 heteroatoms. The van der Waals surface area contributed by atoms with Crippen molar-refractivity contribution >= 4 is 17.5 Å². The number of ketones is 1. The zero-order chi connectivity index (χ0) is 16.0. The van der Waals surface area contributed by atoms with Crippen molar-refractivity contribution in [2.24, 2.45) is 0 Å². The van der Waals surface area contributed by atoms with Crippen molar-refractivity contribution in [1.82, 2.24) is 9.78 Å². The fourth-order valence-corrected chi connectivity index (χ4v) is 4.36. The second-order valence-electron chi connectivity index (χ2n) is 5.87. The molecule has 1 aliphatic heterocycles. The van der Waals surface area contributed by atoms with Crippen molar-refractivity contribution < 1.29 is 4.79 Å². The molecular formula is C17H20N2O2S. The first-order valence-electron chi connectivity index (χ1n) is 7.56. The summed E-state index contributed by atoms with van der Waals surface area (Å²) >= 11 is 1.88. The molecule has 0 amide bonds. The van der Waals surface area contributed by atoms with E-state index in [1.807, 2.05) is 38.6 Å². The van der Waals surface area contributed by atoms with Crippen molar-refractivity contribution in [1.29, 1.82) is 0 Å². The quantitative estimate of drug-likeness (QED) is 0.885. The third-order valence-corrected chi connectivity index (χ3v) is 5.68. The highest BCUT2D eigenvalue weighted by atomic mass is 32.2. The van der Waals surface area contributed by atoms with Gasteiger partial charge >= 0.3 is 0 Å².